The zero-order valence-corrected chi connectivity index (χ0v) is 11.8. The van der Waals surface area contributed by atoms with Gasteiger partial charge in [0, 0.05) is 18.3 Å². The molecule has 3 rings (SSSR count). The molecule has 3 fully saturated rings. The Morgan fingerprint density at radius 3 is 2.68 bits per heavy atom. The van der Waals surface area contributed by atoms with Crippen LogP contribution in [0.4, 0.5) is 4.39 Å². The average Bonchev–Trinajstić information content (AvgIpc) is 2.40. The molecule has 1 saturated heterocycles. The van der Waals surface area contributed by atoms with Gasteiger partial charge in [0.25, 0.3) is 0 Å². The van der Waals surface area contributed by atoms with Gasteiger partial charge in [-0.25, -0.2) is 4.39 Å². The van der Waals surface area contributed by atoms with E-state index in [0.29, 0.717) is 24.5 Å². The first-order chi connectivity index (χ1) is 9.15. The van der Waals surface area contributed by atoms with Crippen LogP contribution in [-0.2, 0) is 9.53 Å². The molecule has 2 nitrogen and oxygen atoms in total. The van der Waals surface area contributed by atoms with Crippen LogP contribution in [0.1, 0.15) is 58.3 Å². The van der Waals surface area contributed by atoms with Gasteiger partial charge in [-0.05, 0) is 38.0 Å². The lowest BCUT2D eigenvalue weighted by Gasteiger charge is -2.44. The summed E-state index contributed by atoms with van der Waals surface area (Å²) in [5.74, 6) is 1.04. The zero-order chi connectivity index (χ0) is 13.4. The lowest BCUT2D eigenvalue weighted by molar-refractivity contribution is -0.163. The standard InChI is InChI=1S/C16H25FO2/c1-10-6-7-15-12(8-10)14(18)9-16(19-15)11-4-2-3-5-13(11)17/h10-13,15-16H,2-9H2,1H3. The van der Waals surface area contributed by atoms with Crippen molar-refractivity contribution in [2.45, 2.75) is 76.7 Å². The lowest BCUT2D eigenvalue weighted by Crippen LogP contribution is -2.49. The SMILES string of the molecule is CC1CCC2OC(C3CCCCC3F)CC(=O)C2C1. The normalized spacial score (nSPS) is 47.8. The van der Waals surface area contributed by atoms with E-state index in [1.807, 2.05) is 0 Å². The number of ketones is 1. The molecule has 0 bridgehead atoms. The van der Waals surface area contributed by atoms with Crippen LogP contribution in [0.25, 0.3) is 0 Å². The van der Waals surface area contributed by atoms with Gasteiger partial charge in [-0.2, -0.15) is 0 Å². The summed E-state index contributed by atoms with van der Waals surface area (Å²) in [6.45, 7) is 2.22. The minimum atomic E-state index is -0.759. The Labute approximate surface area is 115 Å². The number of carbonyl (C=O) groups is 1. The van der Waals surface area contributed by atoms with Crippen molar-refractivity contribution in [1.29, 1.82) is 0 Å². The molecule has 2 saturated carbocycles. The molecule has 1 heterocycles. The highest BCUT2D eigenvalue weighted by atomic mass is 19.1. The van der Waals surface area contributed by atoms with Gasteiger partial charge in [-0.1, -0.05) is 19.8 Å². The Balaban J connectivity index is 1.68. The minimum Gasteiger partial charge on any atom is -0.373 e. The van der Waals surface area contributed by atoms with Crippen LogP contribution in [0.15, 0.2) is 0 Å². The number of alkyl halides is 1. The fourth-order valence-corrected chi connectivity index (χ4v) is 4.26. The van der Waals surface area contributed by atoms with Crippen molar-refractivity contribution in [3.63, 3.8) is 0 Å². The van der Waals surface area contributed by atoms with Gasteiger partial charge < -0.3 is 4.74 Å². The third-order valence-electron chi connectivity index (χ3n) is 5.42. The Morgan fingerprint density at radius 2 is 1.89 bits per heavy atom. The maximum absolute atomic E-state index is 14.1. The number of hydrogen-bond acceptors (Lipinski definition) is 2. The van der Waals surface area contributed by atoms with Gasteiger partial charge >= 0.3 is 0 Å². The van der Waals surface area contributed by atoms with Crippen molar-refractivity contribution in [2.24, 2.45) is 17.8 Å². The molecule has 2 aliphatic carbocycles. The average molecular weight is 268 g/mol. The summed E-state index contributed by atoms with van der Waals surface area (Å²) in [4.78, 5) is 12.3. The van der Waals surface area contributed by atoms with Gasteiger partial charge in [0.1, 0.15) is 12.0 Å². The summed E-state index contributed by atoms with van der Waals surface area (Å²) in [5.41, 5.74) is 0. The summed E-state index contributed by atoms with van der Waals surface area (Å²) in [6, 6.07) is 0. The first-order valence-electron chi connectivity index (χ1n) is 7.97. The van der Waals surface area contributed by atoms with Crippen molar-refractivity contribution in [3.05, 3.63) is 0 Å². The third-order valence-corrected chi connectivity index (χ3v) is 5.42. The smallest absolute Gasteiger partial charge is 0.141 e. The largest absolute Gasteiger partial charge is 0.373 e. The van der Waals surface area contributed by atoms with Crippen LogP contribution in [-0.4, -0.2) is 24.2 Å². The highest BCUT2D eigenvalue weighted by molar-refractivity contribution is 5.83. The van der Waals surface area contributed by atoms with Gasteiger partial charge in [-0.15, -0.1) is 0 Å². The molecule has 0 N–H and O–H groups in total. The fraction of sp³-hybridized carbons (Fsp3) is 0.938. The van der Waals surface area contributed by atoms with Gasteiger partial charge in [-0.3, -0.25) is 4.79 Å². The predicted molar refractivity (Wildman–Crippen MR) is 71.6 cm³/mol. The monoisotopic (exact) mass is 268 g/mol. The van der Waals surface area contributed by atoms with Crippen molar-refractivity contribution in [2.75, 3.05) is 0 Å². The molecule has 0 amide bonds. The predicted octanol–water partition coefficient (Wildman–Crippen LogP) is 3.68. The number of ether oxygens (including phenoxy) is 1. The van der Waals surface area contributed by atoms with Crippen LogP contribution in [0.2, 0.25) is 0 Å². The Morgan fingerprint density at radius 1 is 1.11 bits per heavy atom. The number of rotatable bonds is 1. The zero-order valence-electron chi connectivity index (χ0n) is 11.8. The fourth-order valence-electron chi connectivity index (χ4n) is 4.26. The van der Waals surface area contributed by atoms with Gasteiger partial charge in [0.15, 0.2) is 0 Å². The number of hydrogen-bond donors (Lipinski definition) is 0. The van der Waals surface area contributed by atoms with E-state index in [0.717, 1.165) is 38.5 Å². The summed E-state index contributed by atoms with van der Waals surface area (Å²) < 4.78 is 20.2. The van der Waals surface area contributed by atoms with E-state index < -0.39 is 6.17 Å². The second-order valence-corrected chi connectivity index (χ2v) is 6.87. The molecule has 3 aliphatic rings. The van der Waals surface area contributed by atoms with Crippen molar-refractivity contribution >= 4 is 5.78 Å². The van der Waals surface area contributed by atoms with E-state index in [2.05, 4.69) is 6.92 Å². The first-order valence-corrected chi connectivity index (χ1v) is 7.97. The Hall–Kier alpha value is -0.440. The van der Waals surface area contributed by atoms with E-state index in [1.54, 1.807) is 0 Å². The number of halogens is 1. The Kier molecular flexibility index (Phi) is 3.93. The molecule has 0 spiro atoms. The van der Waals surface area contributed by atoms with Crippen molar-refractivity contribution < 1.29 is 13.9 Å². The number of fused-ring (bicyclic) bond motifs is 1. The van der Waals surface area contributed by atoms with Crippen LogP contribution < -0.4 is 0 Å². The molecule has 108 valence electrons. The second-order valence-electron chi connectivity index (χ2n) is 6.87. The molecule has 0 aromatic heterocycles. The molecule has 0 aromatic carbocycles. The summed E-state index contributed by atoms with van der Waals surface area (Å²) in [6.07, 6.45) is 6.37. The summed E-state index contributed by atoms with van der Waals surface area (Å²) in [5, 5.41) is 0. The van der Waals surface area contributed by atoms with Crippen LogP contribution in [0, 0.1) is 17.8 Å². The van der Waals surface area contributed by atoms with E-state index in [1.165, 1.54) is 0 Å². The quantitative estimate of drug-likeness (QED) is 0.725. The molecule has 0 aromatic rings. The topological polar surface area (TPSA) is 26.3 Å². The van der Waals surface area contributed by atoms with Crippen LogP contribution in [0.5, 0.6) is 0 Å². The summed E-state index contributed by atoms with van der Waals surface area (Å²) >= 11 is 0. The molecule has 1 aliphatic heterocycles. The van der Waals surface area contributed by atoms with Crippen molar-refractivity contribution in [1.82, 2.24) is 0 Å². The van der Waals surface area contributed by atoms with Crippen molar-refractivity contribution in [3.8, 4) is 0 Å². The first kappa shape index (κ1) is 13.5. The maximum Gasteiger partial charge on any atom is 0.141 e. The van der Waals surface area contributed by atoms with Crippen LogP contribution in [0.3, 0.4) is 0 Å². The second kappa shape index (κ2) is 5.51. The Bertz CT molecular complexity index is 344. The van der Waals surface area contributed by atoms with E-state index in [-0.39, 0.29) is 24.0 Å². The highest BCUT2D eigenvalue weighted by Crippen LogP contribution is 2.41. The molecule has 19 heavy (non-hydrogen) atoms. The molecule has 6 unspecified atom stereocenters. The van der Waals surface area contributed by atoms with E-state index in [9.17, 15) is 9.18 Å². The molecule has 6 atom stereocenters. The minimum absolute atomic E-state index is 0.0296. The highest BCUT2D eigenvalue weighted by Gasteiger charge is 2.44. The molecule has 3 heteroatoms. The van der Waals surface area contributed by atoms with E-state index >= 15 is 0 Å². The molecular weight excluding hydrogens is 243 g/mol. The number of carbonyl (C=O) groups excluding carboxylic acids is 1. The van der Waals surface area contributed by atoms with E-state index in [4.69, 9.17) is 4.74 Å². The van der Waals surface area contributed by atoms with Gasteiger partial charge in [0.2, 0.25) is 0 Å². The third kappa shape index (κ3) is 2.72. The summed E-state index contributed by atoms with van der Waals surface area (Å²) in [7, 11) is 0. The van der Waals surface area contributed by atoms with Gasteiger partial charge in [0.05, 0.1) is 12.2 Å². The molecular formula is C16H25FO2. The lowest BCUT2D eigenvalue weighted by atomic mass is 9.73. The number of Topliss-reactive ketones (excluding diaryl/α,β-unsaturated/α-hetero) is 1. The maximum atomic E-state index is 14.1. The van der Waals surface area contributed by atoms with Crippen LogP contribution >= 0.6 is 0 Å². The molecule has 0 radical (unpaired) electrons.